The average Bonchev–Trinajstić information content (AvgIpc) is 2.87. The summed E-state index contributed by atoms with van der Waals surface area (Å²) in [7, 11) is 0. The zero-order valence-corrected chi connectivity index (χ0v) is 14.6. The van der Waals surface area contributed by atoms with Gasteiger partial charge in [-0.2, -0.15) is 0 Å². The minimum atomic E-state index is -1.53. The molecule has 4 aliphatic carbocycles. The number of aliphatic carboxylic acids is 1. The monoisotopic (exact) mass is 350 g/mol. The van der Waals surface area contributed by atoms with Crippen molar-refractivity contribution in [2.75, 3.05) is 0 Å². The number of ketones is 2. The lowest BCUT2D eigenvalue weighted by atomic mass is 9.42. The zero-order valence-electron chi connectivity index (χ0n) is 14.6. The van der Waals surface area contributed by atoms with Crippen LogP contribution < -0.4 is 0 Å². The first-order valence-corrected chi connectivity index (χ1v) is 9.37. The molecule has 6 atom stereocenters. The van der Waals surface area contributed by atoms with E-state index in [2.05, 4.69) is 0 Å². The number of carboxylic acids is 1. The van der Waals surface area contributed by atoms with Crippen molar-refractivity contribution < 1.29 is 29.7 Å². The van der Waals surface area contributed by atoms with Gasteiger partial charge in [0.25, 0.3) is 0 Å². The van der Waals surface area contributed by atoms with Crippen LogP contribution in [0.2, 0.25) is 0 Å². The molecule has 0 aliphatic heterocycles. The molecule has 0 aromatic heterocycles. The molecule has 4 rings (SSSR count). The van der Waals surface area contributed by atoms with Gasteiger partial charge in [0, 0.05) is 12.8 Å². The van der Waals surface area contributed by atoms with Gasteiger partial charge in [-0.05, 0) is 57.8 Å². The maximum Gasteiger partial charge on any atom is 0.312 e. The van der Waals surface area contributed by atoms with Crippen LogP contribution in [-0.2, 0) is 14.4 Å². The molecule has 4 aliphatic rings. The highest BCUT2D eigenvalue weighted by atomic mass is 16.4. The third-order valence-electron chi connectivity index (χ3n) is 8.22. The van der Waals surface area contributed by atoms with Crippen molar-refractivity contribution in [2.45, 2.75) is 75.9 Å². The predicted molar refractivity (Wildman–Crippen MR) is 86.6 cm³/mol. The standard InChI is InChI=1S/C19H26O6/c1-16-9-5-11-14(19(16,25)8-2-4-13(16)21)12(20)10-17(24)6-3-7-18(11,17)15(22)23/h11,14,24-25H,2-10H2,1H3,(H,22,23)/t11-,14-,16-,17+,18+,19+/m0/s1. The van der Waals surface area contributed by atoms with Crippen LogP contribution in [0.5, 0.6) is 0 Å². The topological polar surface area (TPSA) is 112 Å². The Bertz CT molecular complexity index is 673. The van der Waals surface area contributed by atoms with E-state index in [-0.39, 0.29) is 18.0 Å². The third kappa shape index (κ3) is 1.75. The summed E-state index contributed by atoms with van der Waals surface area (Å²) in [6, 6.07) is 0. The molecule has 4 saturated carbocycles. The lowest BCUT2D eigenvalue weighted by Gasteiger charge is -2.62. The van der Waals surface area contributed by atoms with Crippen molar-refractivity contribution in [3.63, 3.8) is 0 Å². The first-order chi connectivity index (χ1) is 11.6. The van der Waals surface area contributed by atoms with Gasteiger partial charge in [-0.1, -0.05) is 0 Å². The molecule has 6 nitrogen and oxygen atoms in total. The maximum absolute atomic E-state index is 13.0. The van der Waals surface area contributed by atoms with Gasteiger partial charge in [-0.3, -0.25) is 14.4 Å². The fourth-order valence-electron chi connectivity index (χ4n) is 6.89. The summed E-state index contributed by atoms with van der Waals surface area (Å²) in [6.45, 7) is 1.74. The highest BCUT2D eigenvalue weighted by Gasteiger charge is 2.75. The Morgan fingerprint density at radius 3 is 2.48 bits per heavy atom. The molecule has 0 bridgehead atoms. The van der Waals surface area contributed by atoms with Crippen LogP contribution in [0.25, 0.3) is 0 Å². The van der Waals surface area contributed by atoms with Crippen molar-refractivity contribution in [3.8, 4) is 0 Å². The van der Waals surface area contributed by atoms with Crippen LogP contribution in [0.3, 0.4) is 0 Å². The van der Waals surface area contributed by atoms with Gasteiger partial charge in [-0.15, -0.1) is 0 Å². The van der Waals surface area contributed by atoms with E-state index in [0.29, 0.717) is 51.4 Å². The highest BCUT2D eigenvalue weighted by molar-refractivity contribution is 5.93. The number of Topliss-reactive ketones (excluding diaryl/α,β-unsaturated/α-hetero) is 2. The van der Waals surface area contributed by atoms with E-state index in [0.717, 1.165) is 0 Å². The van der Waals surface area contributed by atoms with Gasteiger partial charge in [0.15, 0.2) is 0 Å². The van der Waals surface area contributed by atoms with E-state index in [4.69, 9.17) is 0 Å². The zero-order chi connectivity index (χ0) is 18.3. The largest absolute Gasteiger partial charge is 0.481 e. The van der Waals surface area contributed by atoms with Crippen LogP contribution in [0.1, 0.15) is 64.7 Å². The number of carbonyl (C=O) groups excluding carboxylic acids is 2. The van der Waals surface area contributed by atoms with Gasteiger partial charge in [0.05, 0.1) is 22.5 Å². The van der Waals surface area contributed by atoms with E-state index >= 15 is 0 Å². The Morgan fingerprint density at radius 2 is 1.80 bits per heavy atom. The van der Waals surface area contributed by atoms with Gasteiger partial charge >= 0.3 is 5.97 Å². The van der Waals surface area contributed by atoms with Crippen LogP contribution in [0.4, 0.5) is 0 Å². The Labute approximate surface area is 146 Å². The van der Waals surface area contributed by atoms with E-state index in [1.54, 1.807) is 6.92 Å². The molecule has 4 fully saturated rings. The van der Waals surface area contributed by atoms with Crippen molar-refractivity contribution >= 4 is 17.5 Å². The Morgan fingerprint density at radius 1 is 1.08 bits per heavy atom. The number of aliphatic hydroxyl groups is 2. The minimum Gasteiger partial charge on any atom is -0.481 e. The molecule has 6 heteroatoms. The van der Waals surface area contributed by atoms with Gasteiger partial charge in [0.2, 0.25) is 0 Å². The molecule has 0 saturated heterocycles. The summed E-state index contributed by atoms with van der Waals surface area (Å²) in [5, 5.41) is 32.7. The fourth-order valence-corrected chi connectivity index (χ4v) is 6.89. The van der Waals surface area contributed by atoms with E-state index < -0.39 is 39.8 Å². The molecular formula is C19H26O6. The lowest BCUT2D eigenvalue weighted by molar-refractivity contribution is -0.234. The van der Waals surface area contributed by atoms with E-state index in [1.165, 1.54) is 0 Å². The first-order valence-electron chi connectivity index (χ1n) is 9.37. The molecular weight excluding hydrogens is 324 g/mol. The second-order valence-electron chi connectivity index (χ2n) is 8.96. The molecule has 0 aromatic rings. The second kappa shape index (κ2) is 4.92. The molecule has 25 heavy (non-hydrogen) atoms. The van der Waals surface area contributed by atoms with Gasteiger partial charge in [-0.25, -0.2) is 0 Å². The van der Waals surface area contributed by atoms with Crippen molar-refractivity contribution in [1.82, 2.24) is 0 Å². The van der Waals surface area contributed by atoms with Crippen LogP contribution >= 0.6 is 0 Å². The molecule has 3 N–H and O–H groups in total. The molecule has 0 unspecified atom stereocenters. The number of carboxylic acid groups (broad SMARTS) is 1. The summed E-state index contributed by atoms with van der Waals surface area (Å²) in [4.78, 5) is 37.9. The predicted octanol–water partition coefficient (Wildman–Crippen LogP) is 1.46. The molecule has 0 heterocycles. The van der Waals surface area contributed by atoms with Crippen molar-refractivity contribution in [3.05, 3.63) is 0 Å². The minimum absolute atomic E-state index is 0.0240. The molecule has 0 radical (unpaired) electrons. The Hall–Kier alpha value is -1.27. The van der Waals surface area contributed by atoms with Gasteiger partial charge < -0.3 is 15.3 Å². The molecule has 138 valence electrons. The normalized spacial score (nSPS) is 52.3. The average molecular weight is 350 g/mol. The SMILES string of the molecule is C[C@@]12CC[C@H]3[C@@H](C(=O)C[C@]4(O)CCC[C@]34C(=O)O)[C@]1(O)CCCC2=O. The number of fused-ring (bicyclic) bond motifs is 5. The van der Waals surface area contributed by atoms with Crippen LogP contribution in [-0.4, -0.2) is 44.1 Å². The quantitative estimate of drug-likeness (QED) is 0.660. The molecule has 0 spiro atoms. The fraction of sp³-hybridized carbons (Fsp3) is 0.842. The smallest absolute Gasteiger partial charge is 0.312 e. The summed E-state index contributed by atoms with van der Waals surface area (Å²) in [5.74, 6) is -2.84. The van der Waals surface area contributed by atoms with Gasteiger partial charge in [0.1, 0.15) is 17.0 Å². The van der Waals surface area contributed by atoms with Crippen LogP contribution in [0.15, 0.2) is 0 Å². The second-order valence-corrected chi connectivity index (χ2v) is 8.96. The number of carbonyl (C=O) groups is 3. The lowest BCUT2D eigenvalue weighted by Crippen LogP contribution is -2.72. The summed E-state index contributed by atoms with van der Waals surface area (Å²) >= 11 is 0. The summed E-state index contributed by atoms with van der Waals surface area (Å²) < 4.78 is 0. The van der Waals surface area contributed by atoms with E-state index in [1.807, 2.05) is 0 Å². The number of hydrogen-bond donors (Lipinski definition) is 3. The van der Waals surface area contributed by atoms with E-state index in [9.17, 15) is 29.7 Å². The van der Waals surface area contributed by atoms with Crippen molar-refractivity contribution in [2.24, 2.45) is 22.7 Å². The number of rotatable bonds is 1. The summed E-state index contributed by atoms with van der Waals surface area (Å²) in [6.07, 6.45) is 3.00. The summed E-state index contributed by atoms with van der Waals surface area (Å²) in [5.41, 5.74) is -5.40. The third-order valence-corrected chi connectivity index (χ3v) is 8.22. The molecule has 0 amide bonds. The van der Waals surface area contributed by atoms with Crippen LogP contribution in [0, 0.1) is 22.7 Å². The Balaban J connectivity index is 1.87. The Kier molecular flexibility index (Phi) is 3.37. The molecule has 0 aromatic carbocycles. The maximum atomic E-state index is 13.0. The first kappa shape index (κ1) is 17.2. The number of hydrogen-bond acceptors (Lipinski definition) is 5. The highest BCUT2D eigenvalue weighted by Crippen LogP contribution is 2.67. The van der Waals surface area contributed by atoms with Crippen molar-refractivity contribution in [1.29, 1.82) is 0 Å².